The number of methoxy groups -OCH3 is 1. The Morgan fingerprint density at radius 3 is 2.88 bits per heavy atom. The molecule has 3 rings (SSSR count). The topological polar surface area (TPSA) is 50.5 Å². The second-order valence-corrected chi connectivity index (χ2v) is 7.41. The fourth-order valence-electron chi connectivity index (χ4n) is 4.03. The van der Waals surface area contributed by atoms with Crippen molar-refractivity contribution in [2.24, 2.45) is 12.5 Å². The van der Waals surface area contributed by atoms with Crippen LogP contribution < -0.4 is 4.74 Å². The molecule has 1 aliphatic rings. The van der Waals surface area contributed by atoms with Gasteiger partial charge in [0, 0.05) is 37.3 Å². The maximum absolute atomic E-state index is 10.2. The fraction of sp³-hybridized carbons (Fsp3) is 0.550. The van der Waals surface area contributed by atoms with Gasteiger partial charge in [0.05, 0.1) is 19.4 Å². The summed E-state index contributed by atoms with van der Waals surface area (Å²) in [6, 6.07) is 8.21. The number of ether oxygens (including phenoxy) is 1. The molecule has 1 atom stereocenters. The van der Waals surface area contributed by atoms with Crippen LogP contribution in [-0.2, 0) is 20.0 Å². The van der Waals surface area contributed by atoms with Crippen LogP contribution in [0.3, 0.4) is 0 Å². The maximum Gasteiger partial charge on any atom is 0.119 e. The summed E-state index contributed by atoms with van der Waals surface area (Å²) < 4.78 is 7.22. The SMILES string of the molecule is COc1cccc(CC2(CO)CCCN(Cc3cn(C)nc3C)C2)c1. The number of likely N-dealkylation sites (tertiary alicyclic amines) is 1. The number of hydrogen-bond acceptors (Lipinski definition) is 4. The third-order valence-corrected chi connectivity index (χ3v) is 5.30. The van der Waals surface area contributed by atoms with Crippen LogP contribution in [0, 0.1) is 12.3 Å². The highest BCUT2D eigenvalue weighted by Gasteiger charge is 2.35. The van der Waals surface area contributed by atoms with E-state index < -0.39 is 0 Å². The Labute approximate surface area is 150 Å². The van der Waals surface area contributed by atoms with Gasteiger partial charge < -0.3 is 9.84 Å². The van der Waals surface area contributed by atoms with E-state index in [-0.39, 0.29) is 12.0 Å². The molecule has 1 aromatic heterocycles. The number of nitrogens with zero attached hydrogens (tertiary/aromatic N) is 3. The van der Waals surface area contributed by atoms with Gasteiger partial charge in [0.1, 0.15) is 5.75 Å². The number of benzene rings is 1. The van der Waals surface area contributed by atoms with Crippen molar-refractivity contribution in [2.75, 3.05) is 26.8 Å². The maximum atomic E-state index is 10.2. The van der Waals surface area contributed by atoms with Crippen molar-refractivity contribution in [3.8, 4) is 5.75 Å². The number of hydrogen-bond donors (Lipinski definition) is 1. The standard InChI is InChI=1S/C20H29N3O2/c1-16-18(12-22(2)21-16)13-23-9-5-8-20(14-23,15-24)11-17-6-4-7-19(10-17)25-3/h4,6-7,10,12,24H,5,8-9,11,13-15H2,1-3H3. The van der Waals surface area contributed by atoms with Crippen molar-refractivity contribution < 1.29 is 9.84 Å². The monoisotopic (exact) mass is 343 g/mol. The molecule has 0 bridgehead atoms. The van der Waals surface area contributed by atoms with E-state index in [0.717, 1.165) is 50.3 Å². The van der Waals surface area contributed by atoms with Gasteiger partial charge in [0.2, 0.25) is 0 Å². The van der Waals surface area contributed by atoms with Gasteiger partial charge in [-0.2, -0.15) is 5.10 Å². The summed E-state index contributed by atoms with van der Waals surface area (Å²) in [6.45, 7) is 5.17. The molecule has 5 nitrogen and oxygen atoms in total. The average molecular weight is 343 g/mol. The molecule has 5 heteroatoms. The minimum Gasteiger partial charge on any atom is -0.497 e. The van der Waals surface area contributed by atoms with Crippen molar-refractivity contribution >= 4 is 0 Å². The Hall–Kier alpha value is -1.85. The van der Waals surface area contributed by atoms with Gasteiger partial charge in [-0.25, -0.2) is 0 Å². The lowest BCUT2D eigenvalue weighted by Gasteiger charge is -2.42. The first-order chi connectivity index (χ1) is 12.0. The first-order valence-corrected chi connectivity index (χ1v) is 8.99. The number of piperidine rings is 1. The van der Waals surface area contributed by atoms with Crippen LogP contribution in [0.15, 0.2) is 30.5 Å². The van der Waals surface area contributed by atoms with Crippen molar-refractivity contribution in [3.63, 3.8) is 0 Å². The van der Waals surface area contributed by atoms with E-state index in [1.165, 1.54) is 11.1 Å². The molecule has 1 saturated heterocycles. The molecule has 0 radical (unpaired) electrons. The van der Waals surface area contributed by atoms with Crippen LogP contribution in [0.25, 0.3) is 0 Å². The van der Waals surface area contributed by atoms with Crippen LogP contribution in [0.2, 0.25) is 0 Å². The lowest BCUT2D eigenvalue weighted by atomic mass is 9.75. The van der Waals surface area contributed by atoms with Gasteiger partial charge in [-0.3, -0.25) is 9.58 Å². The summed E-state index contributed by atoms with van der Waals surface area (Å²) in [5.41, 5.74) is 3.52. The van der Waals surface area contributed by atoms with Crippen LogP contribution in [0.5, 0.6) is 5.75 Å². The molecule has 0 amide bonds. The van der Waals surface area contributed by atoms with Gasteiger partial charge in [0.15, 0.2) is 0 Å². The lowest BCUT2D eigenvalue weighted by molar-refractivity contribution is 0.0287. The van der Waals surface area contributed by atoms with Gasteiger partial charge in [-0.15, -0.1) is 0 Å². The minimum atomic E-state index is -0.0826. The Morgan fingerprint density at radius 2 is 2.20 bits per heavy atom. The zero-order valence-electron chi connectivity index (χ0n) is 15.5. The molecule has 1 N–H and O–H groups in total. The molecule has 0 saturated carbocycles. The van der Waals surface area contributed by atoms with E-state index >= 15 is 0 Å². The largest absolute Gasteiger partial charge is 0.497 e. The van der Waals surface area contributed by atoms with Gasteiger partial charge in [-0.1, -0.05) is 12.1 Å². The van der Waals surface area contributed by atoms with Crippen molar-refractivity contribution in [3.05, 3.63) is 47.3 Å². The smallest absolute Gasteiger partial charge is 0.119 e. The highest BCUT2D eigenvalue weighted by Crippen LogP contribution is 2.34. The zero-order valence-corrected chi connectivity index (χ0v) is 15.5. The molecule has 1 unspecified atom stereocenters. The van der Waals surface area contributed by atoms with E-state index in [4.69, 9.17) is 4.74 Å². The van der Waals surface area contributed by atoms with E-state index in [1.54, 1.807) is 7.11 Å². The molecule has 1 aliphatic heterocycles. The average Bonchev–Trinajstić information content (AvgIpc) is 2.92. The Bertz CT molecular complexity index is 713. The highest BCUT2D eigenvalue weighted by molar-refractivity contribution is 5.29. The summed E-state index contributed by atoms with van der Waals surface area (Å²) in [7, 11) is 3.66. The molecule has 2 heterocycles. The van der Waals surface area contributed by atoms with Crippen molar-refractivity contribution in [2.45, 2.75) is 32.7 Å². The number of aliphatic hydroxyl groups is 1. The molecule has 25 heavy (non-hydrogen) atoms. The number of aliphatic hydroxyl groups excluding tert-OH is 1. The molecular formula is C20H29N3O2. The minimum absolute atomic E-state index is 0.0826. The Balaban J connectivity index is 1.73. The number of rotatable bonds is 6. The molecule has 1 fully saturated rings. The van der Waals surface area contributed by atoms with Crippen molar-refractivity contribution in [1.29, 1.82) is 0 Å². The van der Waals surface area contributed by atoms with E-state index in [0.29, 0.717) is 0 Å². The van der Waals surface area contributed by atoms with Gasteiger partial charge in [-0.05, 0) is 50.4 Å². The number of aryl methyl sites for hydroxylation is 2. The van der Waals surface area contributed by atoms with Crippen LogP contribution in [0.1, 0.15) is 29.7 Å². The second-order valence-electron chi connectivity index (χ2n) is 7.41. The normalized spacial score (nSPS) is 21.4. The molecule has 0 aliphatic carbocycles. The molecule has 1 aromatic carbocycles. The summed E-state index contributed by atoms with van der Waals surface area (Å²) >= 11 is 0. The predicted molar refractivity (Wildman–Crippen MR) is 98.7 cm³/mol. The first-order valence-electron chi connectivity index (χ1n) is 8.99. The molecule has 0 spiro atoms. The van der Waals surface area contributed by atoms with Crippen LogP contribution in [0.4, 0.5) is 0 Å². The van der Waals surface area contributed by atoms with Gasteiger partial charge in [0.25, 0.3) is 0 Å². The van der Waals surface area contributed by atoms with Crippen LogP contribution >= 0.6 is 0 Å². The summed E-state index contributed by atoms with van der Waals surface area (Å²) in [6.07, 6.45) is 5.16. The Morgan fingerprint density at radius 1 is 1.36 bits per heavy atom. The predicted octanol–water partition coefficient (Wildman–Crippen LogP) is 2.55. The van der Waals surface area contributed by atoms with E-state index in [1.807, 2.05) is 23.9 Å². The molecular weight excluding hydrogens is 314 g/mol. The third kappa shape index (κ3) is 4.22. The van der Waals surface area contributed by atoms with E-state index in [9.17, 15) is 5.11 Å². The quantitative estimate of drug-likeness (QED) is 0.876. The zero-order chi connectivity index (χ0) is 17.9. The first kappa shape index (κ1) is 18.0. The third-order valence-electron chi connectivity index (χ3n) is 5.30. The summed E-state index contributed by atoms with van der Waals surface area (Å²) in [5, 5.41) is 14.6. The highest BCUT2D eigenvalue weighted by atomic mass is 16.5. The molecule has 136 valence electrons. The Kier molecular flexibility index (Phi) is 5.45. The van der Waals surface area contributed by atoms with Crippen molar-refractivity contribution in [1.82, 2.24) is 14.7 Å². The summed E-state index contributed by atoms with van der Waals surface area (Å²) in [5.74, 6) is 0.879. The number of aromatic nitrogens is 2. The van der Waals surface area contributed by atoms with E-state index in [2.05, 4.69) is 35.3 Å². The fourth-order valence-corrected chi connectivity index (χ4v) is 4.03. The second kappa shape index (κ2) is 7.58. The molecule has 2 aromatic rings. The van der Waals surface area contributed by atoms with Gasteiger partial charge >= 0.3 is 0 Å². The lowest BCUT2D eigenvalue weighted by Crippen LogP contribution is -2.46. The summed E-state index contributed by atoms with van der Waals surface area (Å²) in [4.78, 5) is 2.46. The van der Waals surface area contributed by atoms with Crippen LogP contribution in [-0.4, -0.2) is 46.6 Å².